The van der Waals surface area contributed by atoms with Crippen LogP contribution >= 0.6 is 11.8 Å². The van der Waals surface area contributed by atoms with E-state index in [0.29, 0.717) is 0 Å². The summed E-state index contributed by atoms with van der Waals surface area (Å²) < 4.78 is 0. The van der Waals surface area contributed by atoms with Gasteiger partial charge in [0, 0.05) is 11.1 Å². The van der Waals surface area contributed by atoms with Crippen LogP contribution in [0, 0.1) is 5.41 Å². The molecule has 0 bridgehead atoms. The standard InChI is InChI=1S/C9H18N2S/c1-5-8(11)12-6-7(10)9(2,3)4/h5-6H,10-11H2,1-4H3/b7-6-,8-5-. The number of rotatable bonds is 2. The second-order valence-corrected chi connectivity index (χ2v) is 4.57. The molecule has 0 aromatic heterocycles. The number of hydrogen-bond acceptors (Lipinski definition) is 3. The highest BCUT2D eigenvalue weighted by atomic mass is 32.2. The summed E-state index contributed by atoms with van der Waals surface area (Å²) in [4.78, 5) is 0. The zero-order chi connectivity index (χ0) is 9.78. The number of allylic oxidation sites excluding steroid dienone is 2. The Morgan fingerprint density at radius 3 is 2.08 bits per heavy atom. The summed E-state index contributed by atoms with van der Waals surface area (Å²) in [5, 5.41) is 2.68. The molecule has 0 spiro atoms. The maximum absolute atomic E-state index is 5.81. The summed E-state index contributed by atoms with van der Waals surface area (Å²) in [6.07, 6.45) is 1.86. The van der Waals surface area contributed by atoms with Crippen molar-refractivity contribution in [3.05, 3.63) is 22.2 Å². The summed E-state index contributed by atoms with van der Waals surface area (Å²) in [7, 11) is 0. The van der Waals surface area contributed by atoms with Gasteiger partial charge in [-0.2, -0.15) is 0 Å². The molecule has 0 amide bonds. The van der Waals surface area contributed by atoms with E-state index in [-0.39, 0.29) is 5.41 Å². The van der Waals surface area contributed by atoms with Crippen LogP contribution < -0.4 is 11.5 Å². The first kappa shape index (κ1) is 11.4. The molecule has 0 rings (SSSR count). The Morgan fingerprint density at radius 2 is 1.75 bits per heavy atom. The molecule has 0 aromatic rings. The fourth-order valence-electron chi connectivity index (χ4n) is 0.376. The zero-order valence-electron chi connectivity index (χ0n) is 8.22. The van der Waals surface area contributed by atoms with E-state index in [4.69, 9.17) is 11.5 Å². The predicted molar refractivity (Wildman–Crippen MR) is 57.3 cm³/mol. The molecule has 4 N–H and O–H groups in total. The van der Waals surface area contributed by atoms with Gasteiger partial charge in [-0.05, 0) is 12.3 Å². The van der Waals surface area contributed by atoms with Crippen molar-refractivity contribution in [2.45, 2.75) is 27.7 Å². The summed E-state index contributed by atoms with van der Waals surface area (Å²) in [5.74, 6) is 0. The van der Waals surface area contributed by atoms with E-state index in [0.717, 1.165) is 10.7 Å². The minimum Gasteiger partial charge on any atom is -0.401 e. The van der Waals surface area contributed by atoms with Gasteiger partial charge in [0.2, 0.25) is 0 Å². The first-order valence-electron chi connectivity index (χ1n) is 3.92. The Hall–Kier alpha value is -0.570. The molecule has 0 atom stereocenters. The maximum Gasteiger partial charge on any atom is 0.0654 e. The molecule has 3 heteroatoms. The molecular weight excluding hydrogens is 168 g/mol. The van der Waals surface area contributed by atoms with Gasteiger partial charge in [-0.25, -0.2) is 0 Å². The van der Waals surface area contributed by atoms with Crippen molar-refractivity contribution >= 4 is 11.8 Å². The number of thioether (sulfide) groups is 1. The monoisotopic (exact) mass is 186 g/mol. The smallest absolute Gasteiger partial charge is 0.0654 e. The van der Waals surface area contributed by atoms with E-state index in [1.807, 2.05) is 18.4 Å². The Balaban J connectivity index is 4.20. The third kappa shape index (κ3) is 4.34. The van der Waals surface area contributed by atoms with Crippen LogP contribution in [0.3, 0.4) is 0 Å². The van der Waals surface area contributed by atoms with Gasteiger partial charge in [0.15, 0.2) is 0 Å². The molecule has 2 nitrogen and oxygen atoms in total. The lowest BCUT2D eigenvalue weighted by Gasteiger charge is -2.18. The maximum atomic E-state index is 5.81. The molecule has 0 aromatic carbocycles. The summed E-state index contributed by atoms with van der Waals surface area (Å²) in [6.45, 7) is 8.13. The summed E-state index contributed by atoms with van der Waals surface area (Å²) in [5.41, 5.74) is 12.3. The lowest BCUT2D eigenvalue weighted by molar-refractivity contribution is 0.499. The molecule has 0 unspecified atom stereocenters. The van der Waals surface area contributed by atoms with Crippen molar-refractivity contribution in [1.82, 2.24) is 0 Å². The molecular formula is C9H18N2S. The molecule has 70 valence electrons. The second-order valence-electron chi connectivity index (χ2n) is 3.63. The molecule has 0 heterocycles. The van der Waals surface area contributed by atoms with Gasteiger partial charge in [0.1, 0.15) is 0 Å². The molecule has 0 saturated heterocycles. The Bertz CT molecular complexity index is 199. The summed E-state index contributed by atoms with van der Waals surface area (Å²) in [6, 6.07) is 0. The highest BCUT2D eigenvalue weighted by molar-refractivity contribution is 8.05. The van der Waals surface area contributed by atoms with Crippen molar-refractivity contribution in [1.29, 1.82) is 0 Å². The van der Waals surface area contributed by atoms with Crippen LogP contribution in [0.4, 0.5) is 0 Å². The second kappa shape index (κ2) is 4.45. The van der Waals surface area contributed by atoms with Crippen LogP contribution in [0.15, 0.2) is 22.2 Å². The first-order chi connectivity index (χ1) is 5.38. The predicted octanol–water partition coefficient (Wildman–Crippen LogP) is 2.39. The van der Waals surface area contributed by atoms with E-state index >= 15 is 0 Å². The fraction of sp³-hybridized carbons (Fsp3) is 0.556. The van der Waals surface area contributed by atoms with Crippen molar-refractivity contribution in [2.75, 3.05) is 0 Å². The summed E-state index contributed by atoms with van der Waals surface area (Å²) >= 11 is 1.46. The van der Waals surface area contributed by atoms with Crippen LogP contribution in [-0.2, 0) is 0 Å². The number of hydrogen-bond donors (Lipinski definition) is 2. The third-order valence-electron chi connectivity index (χ3n) is 1.47. The Labute approximate surface area is 79.1 Å². The molecule has 0 aliphatic heterocycles. The average Bonchev–Trinajstić information content (AvgIpc) is 1.97. The molecule has 12 heavy (non-hydrogen) atoms. The Morgan fingerprint density at radius 1 is 1.25 bits per heavy atom. The lowest BCUT2D eigenvalue weighted by atomic mass is 9.94. The van der Waals surface area contributed by atoms with E-state index in [1.54, 1.807) is 0 Å². The SMILES string of the molecule is C/C=C(/N)S/C=C(\N)C(C)(C)C. The van der Waals surface area contributed by atoms with Gasteiger partial charge < -0.3 is 11.5 Å². The molecule has 0 aliphatic rings. The highest BCUT2D eigenvalue weighted by Gasteiger charge is 2.12. The van der Waals surface area contributed by atoms with Crippen molar-refractivity contribution < 1.29 is 0 Å². The minimum atomic E-state index is 0.0288. The first-order valence-corrected chi connectivity index (χ1v) is 4.80. The van der Waals surface area contributed by atoms with Gasteiger partial charge in [0.25, 0.3) is 0 Å². The van der Waals surface area contributed by atoms with Gasteiger partial charge in [-0.3, -0.25) is 0 Å². The van der Waals surface area contributed by atoms with Crippen LogP contribution in [0.1, 0.15) is 27.7 Å². The highest BCUT2D eigenvalue weighted by Crippen LogP contribution is 2.24. The van der Waals surface area contributed by atoms with Crippen LogP contribution in [-0.4, -0.2) is 0 Å². The fourth-order valence-corrected chi connectivity index (χ4v) is 1.13. The lowest BCUT2D eigenvalue weighted by Crippen LogP contribution is -2.16. The molecule has 0 aliphatic carbocycles. The zero-order valence-corrected chi connectivity index (χ0v) is 9.03. The molecule has 0 fully saturated rings. The van der Waals surface area contributed by atoms with Gasteiger partial charge in [0.05, 0.1) is 5.03 Å². The third-order valence-corrected chi connectivity index (χ3v) is 2.35. The van der Waals surface area contributed by atoms with Crippen LogP contribution in [0.5, 0.6) is 0 Å². The Kier molecular flexibility index (Phi) is 4.24. The van der Waals surface area contributed by atoms with Crippen molar-refractivity contribution in [2.24, 2.45) is 16.9 Å². The van der Waals surface area contributed by atoms with Gasteiger partial charge in [-0.1, -0.05) is 38.6 Å². The largest absolute Gasteiger partial charge is 0.401 e. The van der Waals surface area contributed by atoms with E-state index in [9.17, 15) is 0 Å². The topological polar surface area (TPSA) is 52.0 Å². The van der Waals surface area contributed by atoms with Gasteiger partial charge >= 0.3 is 0 Å². The average molecular weight is 186 g/mol. The van der Waals surface area contributed by atoms with E-state index < -0.39 is 0 Å². The van der Waals surface area contributed by atoms with E-state index in [1.165, 1.54) is 11.8 Å². The van der Waals surface area contributed by atoms with E-state index in [2.05, 4.69) is 20.8 Å². The minimum absolute atomic E-state index is 0.0288. The van der Waals surface area contributed by atoms with Crippen molar-refractivity contribution in [3.63, 3.8) is 0 Å². The number of nitrogens with two attached hydrogens (primary N) is 2. The molecule has 0 saturated carbocycles. The van der Waals surface area contributed by atoms with Crippen LogP contribution in [0.25, 0.3) is 0 Å². The van der Waals surface area contributed by atoms with Crippen LogP contribution in [0.2, 0.25) is 0 Å². The van der Waals surface area contributed by atoms with Gasteiger partial charge in [-0.15, -0.1) is 0 Å². The van der Waals surface area contributed by atoms with Crippen molar-refractivity contribution in [3.8, 4) is 0 Å². The quantitative estimate of drug-likeness (QED) is 0.696. The molecule has 0 radical (unpaired) electrons. The normalized spacial score (nSPS) is 15.0.